The van der Waals surface area contributed by atoms with Crippen LogP contribution < -0.4 is 0 Å². The maximum absolute atomic E-state index is 11.8. The van der Waals surface area contributed by atoms with Crippen molar-refractivity contribution >= 4 is 21.8 Å². The zero-order chi connectivity index (χ0) is 14.0. The van der Waals surface area contributed by atoms with Crippen molar-refractivity contribution in [3.63, 3.8) is 0 Å². The summed E-state index contributed by atoms with van der Waals surface area (Å²) in [6, 6.07) is 0. The maximum Gasteiger partial charge on any atom is 0.411 e. The summed E-state index contributed by atoms with van der Waals surface area (Å²) in [6.07, 6.45) is -2.48. The van der Waals surface area contributed by atoms with Crippen molar-refractivity contribution in [3.8, 4) is 0 Å². The Labute approximate surface area is 114 Å². The van der Waals surface area contributed by atoms with E-state index in [9.17, 15) is 18.0 Å². The Balaban J connectivity index is 3.87. The number of hydrogen-bond donors (Lipinski definition) is 0. The Hall–Kier alpha value is -0.300. The molecular formula is C11H19BrF3NO2. The van der Waals surface area contributed by atoms with Crippen LogP contribution in [-0.2, 0) is 9.53 Å². The van der Waals surface area contributed by atoms with Gasteiger partial charge in [-0.2, -0.15) is 13.2 Å². The number of amides is 1. The number of unbranched alkanes of at least 4 members (excludes halogenated alkanes) is 1. The van der Waals surface area contributed by atoms with E-state index in [0.717, 1.165) is 12.8 Å². The molecule has 0 fully saturated rings. The molecule has 0 bridgehead atoms. The van der Waals surface area contributed by atoms with Crippen molar-refractivity contribution in [1.82, 2.24) is 4.90 Å². The first-order chi connectivity index (χ1) is 8.40. The molecule has 0 N–H and O–H groups in total. The summed E-state index contributed by atoms with van der Waals surface area (Å²) in [4.78, 5) is 13.4. The number of halogens is 4. The number of carbonyl (C=O) groups is 1. The van der Waals surface area contributed by atoms with Crippen molar-refractivity contribution in [1.29, 1.82) is 0 Å². The number of nitrogens with zero attached hydrogens (tertiary/aromatic N) is 1. The third-order valence-corrected chi connectivity index (χ3v) is 2.57. The monoisotopic (exact) mass is 333 g/mol. The molecule has 0 aromatic carbocycles. The number of carbonyl (C=O) groups excluding carboxylic acids is 1. The van der Waals surface area contributed by atoms with Crippen LogP contribution in [0.3, 0.4) is 0 Å². The second-order valence-corrected chi connectivity index (χ2v) is 4.63. The van der Waals surface area contributed by atoms with Gasteiger partial charge in [0.1, 0.15) is 6.61 Å². The molecule has 0 aliphatic heterocycles. The van der Waals surface area contributed by atoms with E-state index in [1.165, 1.54) is 0 Å². The van der Waals surface area contributed by atoms with Crippen LogP contribution in [0.4, 0.5) is 13.2 Å². The fourth-order valence-electron chi connectivity index (χ4n) is 1.32. The van der Waals surface area contributed by atoms with Crippen molar-refractivity contribution in [2.75, 3.05) is 31.6 Å². The molecule has 7 heteroatoms. The lowest BCUT2D eigenvalue weighted by Gasteiger charge is -2.21. The Kier molecular flexibility index (Phi) is 9.45. The molecule has 0 heterocycles. The molecule has 0 saturated carbocycles. The molecule has 0 aromatic heterocycles. The van der Waals surface area contributed by atoms with Crippen LogP contribution in [0.15, 0.2) is 0 Å². The van der Waals surface area contributed by atoms with Crippen molar-refractivity contribution < 1.29 is 22.7 Å². The Morgan fingerprint density at radius 1 is 1.33 bits per heavy atom. The molecule has 0 aliphatic carbocycles. The summed E-state index contributed by atoms with van der Waals surface area (Å²) in [5.74, 6) is -0.162. The van der Waals surface area contributed by atoms with Gasteiger partial charge in [0.05, 0.1) is 13.0 Å². The molecular weight excluding hydrogens is 315 g/mol. The normalized spacial score (nSPS) is 11.6. The fraction of sp³-hybridized carbons (Fsp3) is 0.909. The summed E-state index contributed by atoms with van der Waals surface area (Å²) in [6.45, 7) is 1.73. The van der Waals surface area contributed by atoms with E-state index in [0.29, 0.717) is 18.4 Å². The molecule has 1 amide bonds. The van der Waals surface area contributed by atoms with Gasteiger partial charge in [-0.15, -0.1) is 0 Å². The van der Waals surface area contributed by atoms with Gasteiger partial charge in [-0.05, 0) is 6.42 Å². The van der Waals surface area contributed by atoms with Crippen LogP contribution in [-0.4, -0.2) is 48.6 Å². The van der Waals surface area contributed by atoms with Gasteiger partial charge in [0.25, 0.3) is 0 Å². The van der Waals surface area contributed by atoms with Crippen LogP contribution in [0.25, 0.3) is 0 Å². The van der Waals surface area contributed by atoms with Crippen LogP contribution >= 0.6 is 15.9 Å². The zero-order valence-corrected chi connectivity index (χ0v) is 12.0. The van der Waals surface area contributed by atoms with Gasteiger partial charge in [-0.1, -0.05) is 29.3 Å². The predicted molar refractivity (Wildman–Crippen MR) is 66.8 cm³/mol. The van der Waals surface area contributed by atoms with Crippen molar-refractivity contribution in [3.05, 3.63) is 0 Å². The maximum atomic E-state index is 11.8. The van der Waals surface area contributed by atoms with Gasteiger partial charge in [-0.25, -0.2) is 0 Å². The summed E-state index contributed by atoms with van der Waals surface area (Å²) in [5.41, 5.74) is 0. The minimum Gasteiger partial charge on any atom is -0.372 e. The average Bonchev–Trinajstić information content (AvgIpc) is 2.28. The van der Waals surface area contributed by atoms with Gasteiger partial charge in [0, 0.05) is 18.4 Å². The third-order valence-electron chi connectivity index (χ3n) is 2.21. The van der Waals surface area contributed by atoms with E-state index < -0.39 is 12.8 Å². The first kappa shape index (κ1) is 17.7. The van der Waals surface area contributed by atoms with E-state index in [1.807, 2.05) is 6.92 Å². The molecule has 0 rings (SSSR count). The highest BCUT2D eigenvalue weighted by Crippen LogP contribution is 2.14. The average molecular weight is 334 g/mol. The quantitative estimate of drug-likeness (QED) is 0.479. The van der Waals surface area contributed by atoms with Gasteiger partial charge in [-0.3, -0.25) is 4.79 Å². The van der Waals surface area contributed by atoms with Crippen molar-refractivity contribution in [2.24, 2.45) is 0 Å². The molecule has 0 atom stereocenters. The van der Waals surface area contributed by atoms with Gasteiger partial charge in [0.2, 0.25) is 5.91 Å². The molecule has 108 valence electrons. The lowest BCUT2D eigenvalue weighted by atomic mass is 10.3. The summed E-state index contributed by atoms with van der Waals surface area (Å²) in [5, 5.41) is 0.659. The largest absolute Gasteiger partial charge is 0.411 e. The minimum atomic E-state index is -4.33. The molecule has 0 aliphatic rings. The summed E-state index contributed by atoms with van der Waals surface area (Å²) < 4.78 is 39.8. The fourth-order valence-corrected chi connectivity index (χ4v) is 1.75. The topological polar surface area (TPSA) is 29.5 Å². The van der Waals surface area contributed by atoms with Crippen molar-refractivity contribution in [2.45, 2.75) is 32.4 Å². The van der Waals surface area contributed by atoms with Gasteiger partial charge in [0.15, 0.2) is 0 Å². The highest BCUT2D eigenvalue weighted by Gasteiger charge is 2.27. The molecule has 0 saturated heterocycles. The van der Waals surface area contributed by atoms with E-state index in [-0.39, 0.29) is 18.9 Å². The lowest BCUT2D eigenvalue weighted by Crippen LogP contribution is -2.34. The second-order valence-electron chi connectivity index (χ2n) is 3.84. The second kappa shape index (κ2) is 9.61. The molecule has 0 unspecified atom stereocenters. The smallest absolute Gasteiger partial charge is 0.372 e. The number of alkyl halides is 4. The SMILES string of the molecule is CCCCN(CCBr)C(=O)CCOCC(F)(F)F. The van der Waals surface area contributed by atoms with E-state index in [2.05, 4.69) is 20.7 Å². The molecule has 18 heavy (non-hydrogen) atoms. The summed E-state index contributed by atoms with van der Waals surface area (Å²) in [7, 11) is 0. The highest BCUT2D eigenvalue weighted by molar-refractivity contribution is 9.09. The highest BCUT2D eigenvalue weighted by atomic mass is 79.9. The lowest BCUT2D eigenvalue weighted by molar-refractivity contribution is -0.175. The van der Waals surface area contributed by atoms with Gasteiger partial charge < -0.3 is 9.64 Å². The van der Waals surface area contributed by atoms with E-state index in [1.54, 1.807) is 4.90 Å². The molecule has 0 aromatic rings. The minimum absolute atomic E-state index is 0.00715. The van der Waals surface area contributed by atoms with E-state index in [4.69, 9.17) is 0 Å². The standard InChI is InChI=1S/C11H19BrF3NO2/c1-2-3-6-16(7-5-12)10(17)4-8-18-9-11(13,14)15/h2-9H2,1H3. The third kappa shape index (κ3) is 9.70. The van der Waals surface area contributed by atoms with Gasteiger partial charge >= 0.3 is 6.18 Å². The Morgan fingerprint density at radius 2 is 2.00 bits per heavy atom. The number of rotatable bonds is 9. The summed E-state index contributed by atoms with van der Waals surface area (Å²) >= 11 is 3.24. The first-order valence-corrected chi connectivity index (χ1v) is 7.01. The van der Waals surface area contributed by atoms with Crippen LogP contribution in [0.1, 0.15) is 26.2 Å². The van der Waals surface area contributed by atoms with Crippen LogP contribution in [0.2, 0.25) is 0 Å². The number of hydrogen-bond acceptors (Lipinski definition) is 2. The molecule has 0 radical (unpaired) electrons. The molecule has 0 spiro atoms. The van der Waals surface area contributed by atoms with Crippen LogP contribution in [0.5, 0.6) is 0 Å². The Bertz CT molecular complexity index is 237. The first-order valence-electron chi connectivity index (χ1n) is 5.89. The van der Waals surface area contributed by atoms with E-state index >= 15 is 0 Å². The van der Waals surface area contributed by atoms with Crippen LogP contribution in [0, 0.1) is 0 Å². The zero-order valence-electron chi connectivity index (χ0n) is 10.4. The Morgan fingerprint density at radius 3 is 2.50 bits per heavy atom. The predicted octanol–water partition coefficient (Wildman–Crippen LogP) is 2.98. The number of ether oxygens (including phenoxy) is 1. The molecule has 3 nitrogen and oxygen atoms in total.